The molecule has 0 bridgehead atoms. The highest BCUT2D eigenvalue weighted by molar-refractivity contribution is 7.99. The lowest BCUT2D eigenvalue weighted by molar-refractivity contribution is 0.188. The van der Waals surface area contributed by atoms with Crippen molar-refractivity contribution in [2.24, 2.45) is 0 Å². The molecule has 0 spiro atoms. The zero-order chi connectivity index (χ0) is 10.4. The first-order valence-electron chi connectivity index (χ1n) is 4.69. The summed E-state index contributed by atoms with van der Waals surface area (Å²) < 4.78 is 5.18. The molecule has 0 heterocycles. The smallest absolute Gasteiger partial charge is 0.104 e. The van der Waals surface area contributed by atoms with Gasteiger partial charge in [0.15, 0.2) is 0 Å². The van der Waals surface area contributed by atoms with Gasteiger partial charge < -0.3 is 10.1 Å². The van der Waals surface area contributed by atoms with Crippen LogP contribution in [-0.2, 0) is 11.3 Å². The Kier molecular flexibility index (Phi) is 5.01. The molecular formula is C11H17NOS. The maximum atomic E-state index is 5.18. The first-order chi connectivity index (χ1) is 6.76. The van der Waals surface area contributed by atoms with Crippen molar-refractivity contribution in [3.8, 4) is 0 Å². The molecule has 1 unspecified atom stereocenters. The van der Waals surface area contributed by atoms with Crippen LogP contribution in [-0.4, -0.2) is 19.6 Å². The summed E-state index contributed by atoms with van der Waals surface area (Å²) in [6.45, 7) is 2.97. The van der Waals surface area contributed by atoms with Gasteiger partial charge in [0.2, 0.25) is 0 Å². The van der Waals surface area contributed by atoms with E-state index in [1.807, 2.05) is 14.0 Å². The summed E-state index contributed by atoms with van der Waals surface area (Å²) in [5.74, 6) is 0. The highest BCUT2D eigenvalue weighted by Crippen LogP contribution is 2.23. The minimum atomic E-state index is 0.213. The summed E-state index contributed by atoms with van der Waals surface area (Å²) in [6, 6.07) is 8.54. The Morgan fingerprint density at radius 2 is 2.00 bits per heavy atom. The van der Waals surface area contributed by atoms with Gasteiger partial charge in [-0.3, -0.25) is 0 Å². The highest BCUT2D eigenvalue weighted by atomic mass is 32.2. The third kappa shape index (κ3) is 3.70. The lowest BCUT2D eigenvalue weighted by atomic mass is 10.2. The van der Waals surface area contributed by atoms with Crippen LogP contribution in [0.15, 0.2) is 29.2 Å². The van der Waals surface area contributed by atoms with Crippen LogP contribution in [0.2, 0.25) is 0 Å². The fourth-order valence-corrected chi connectivity index (χ4v) is 1.90. The van der Waals surface area contributed by atoms with Crippen molar-refractivity contribution >= 4 is 11.8 Å². The second kappa shape index (κ2) is 6.06. The largest absolute Gasteiger partial charge is 0.371 e. The molecule has 2 nitrogen and oxygen atoms in total. The van der Waals surface area contributed by atoms with E-state index in [-0.39, 0.29) is 5.44 Å². The number of hydrogen-bond donors (Lipinski definition) is 1. The standard InChI is InChI=1S/C11H17NOS/c1-9(13-3)14-11-6-4-10(5-7-11)8-12-2/h4-7,9,12H,8H2,1-3H3. The van der Waals surface area contributed by atoms with E-state index < -0.39 is 0 Å². The summed E-state index contributed by atoms with van der Waals surface area (Å²) in [7, 11) is 3.68. The van der Waals surface area contributed by atoms with Gasteiger partial charge in [-0.2, -0.15) is 0 Å². The number of benzene rings is 1. The molecular weight excluding hydrogens is 194 g/mol. The van der Waals surface area contributed by atoms with Crippen molar-refractivity contribution in [3.05, 3.63) is 29.8 Å². The van der Waals surface area contributed by atoms with Crippen LogP contribution in [0, 0.1) is 0 Å². The molecule has 0 saturated carbocycles. The molecule has 3 heteroatoms. The number of rotatable bonds is 5. The highest BCUT2D eigenvalue weighted by Gasteiger charge is 2.01. The summed E-state index contributed by atoms with van der Waals surface area (Å²) in [5.41, 5.74) is 1.52. The molecule has 0 fully saturated rings. The third-order valence-corrected chi connectivity index (χ3v) is 3.01. The van der Waals surface area contributed by atoms with Gasteiger partial charge in [-0.15, -0.1) is 0 Å². The Balaban J connectivity index is 2.54. The van der Waals surface area contributed by atoms with Crippen molar-refractivity contribution in [2.75, 3.05) is 14.2 Å². The summed E-state index contributed by atoms with van der Waals surface area (Å²) in [5, 5.41) is 3.12. The molecule has 0 amide bonds. The quantitative estimate of drug-likeness (QED) is 0.597. The Hall–Kier alpha value is -0.510. The fraction of sp³-hybridized carbons (Fsp3) is 0.455. The van der Waals surface area contributed by atoms with Crippen LogP contribution < -0.4 is 5.32 Å². The van der Waals surface area contributed by atoms with E-state index in [2.05, 4.69) is 29.6 Å². The Morgan fingerprint density at radius 3 is 2.50 bits per heavy atom. The summed E-state index contributed by atoms with van der Waals surface area (Å²) in [4.78, 5) is 1.25. The van der Waals surface area contributed by atoms with E-state index in [0.29, 0.717) is 0 Å². The molecule has 1 aromatic carbocycles. The monoisotopic (exact) mass is 211 g/mol. The van der Waals surface area contributed by atoms with E-state index in [9.17, 15) is 0 Å². The van der Waals surface area contributed by atoms with Crippen molar-refractivity contribution in [1.29, 1.82) is 0 Å². The lowest BCUT2D eigenvalue weighted by Gasteiger charge is -2.09. The van der Waals surface area contributed by atoms with Gasteiger partial charge in [-0.05, 0) is 31.7 Å². The minimum Gasteiger partial charge on any atom is -0.371 e. The van der Waals surface area contributed by atoms with E-state index in [1.165, 1.54) is 10.5 Å². The second-order valence-corrected chi connectivity index (χ2v) is 4.47. The van der Waals surface area contributed by atoms with Gasteiger partial charge in [0, 0.05) is 18.6 Å². The van der Waals surface area contributed by atoms with Crippen molar-refractivity contribution in [3.63, 3.8) is 0 Å². The number of thioether (sulfide) groups is 1. The van der Waals surface area contributed by atoms with E-state index >= 15 is 0 Å². The molecule has 0 saturated heterocycles. The molecule has 0 aliphatic carbocycles. The van der Waals surface area contributed by atoms with E-state index in [1.54, 1.807) is 18.9 Å². The van der Waals surface area contributed by atoms with Crippen LogP contribution in [0.1, 0.15) is 12.5 Å². The van der Waals surface area contributed by atoms with Gasteiger partial charge in [0.05, 0.1) is 0 Å². The number of nitrogens with one attached hydrogen (secondary N) is 1. The lowest BCUT2D eigenvalue weighted by Crippen LogP contribution is -2.04. The van der Waals surface area contributed by atoms with Crippen LogP contribution in [0.3, 0.4) is 0 Å². The molecule has 0 aliphatic rings. The van der Waals surface area contributed by atoms with Gasteiger partial charge in [0.25, 0.3) is 0 Å². The Morgan fingerprint density at radius 1 is 1.36 bits per heavy atom. The third-order valence-electron chi connectivity index (χ3n) is 1.94. The first-order valence-corrected chi connectivity index (χ1v) is 5.57. The zero-order valence-electron chi connectivity index (χ0n) is 8.91. The molecule has 1 rings (SSSR count). The molecule has 0 aliphatic heterocycles. The average molecular weight is 211 g/mol. The molecule has 1 N–H and O–H groups in total. The maximum Gasteiger partial charge on any atom is 0.104 e. The van der Waals surface area contributed by atoms with Gasteiger partial charge in [-0.1, -0.05) is 23.9 Å². The second-order valence-electron chi connectivity index (χ2n) is 3.10. The zero-order valence-corrected chi connectivity index (χ0v) is 9.73. The van der Waals surface area contributed by atoms with E-state index in [4.69, 9.17) is 4.74 Å². The summed E-state index contributed by atoms with van der Waals surface area (Å²) in [6.07, 6.45) is 0. The predicted octanol–water partition coefficient (Wildman–Crippen LogP) is 2.49. The van der Waals surface area contributed by atoms with Gasteiger partial charge in [-0.25, -0.2) is 0 Å². The SMILES string of the molecule is CNCc1ccc(SC(C)OC)cc1. The number of methoxy groups -OCH3 is 1. The summed E-state index contributed by atoms with van der Waals surface area (Å²) >= 11 is 1.73. The fourth-order valence-electron chi connectivity index (χ4n) is 1.13. The van der Waals surface area contributed by atoms with Crippen molar-refractivity contribution < 1.29 is 4.74 Å². The number of hydrogen-bond acceptors (Lipinski definition) is 3. The van der Waals surface area contributed by atoms with Crippen LogP contribution in [0.5, 0.6) is 0 Å². The Bertz CT molecular complexity index is 260. The minimum absolute atomic E-state index is 0.213. The molecule has 0 radical (unpaired) electrons. The van der Waals surface area contributed by atoms with Crippen LogP contribution in [0.4, 0.5) is 0 Å². The molecule has 1 atom stereocenters. The predicted molar refractivity (Wildman–Crippen MR) is 61.5 cm³/mol. The van der Waals surface area contributed by atoms with Crippen LogP contribution in [0.25, 0.3) is 0 Å². The molecule has 78 valence electrons. The van der Waals surface area contributed by atoms with E-state index in [0.717, 1.165) is 6.54 Å². The average Bonchev–Trinajstić information content (AvgIpc) is 2.21. The molecule has 0 aromatic heterocycles. The maximum absolute atomic E-state index is 5.18. The normalized spacial score (nSPS) is 12.8. The number of ether oxygens (including phenoxy) is 1. The topological polar surface area (TPSA) is 21.3 Å². The Labute approximate surface area is 90.0 Å². The first kappa shape index (κ1) is 11.6. The van der Waals surface area contributed by atoms with Gasteiger partial charge in [0.1, 0.15) is 5.44 Å². The van der Waals surface area contributed by atoms with Crippen molar-refractivity contribution in [2.45, 2.75) is 23.8 Å². The molecule has 14 heavy (non-hydrogen) atoms. The van der Waals surface area contributed by atoms with Crippen LogP contribution >= 0.6 is 11.8 Å². The van der Waals surface area contributed by atoms with Crippen molar-refractivity contribution in [1.82, 2.24) is 5.32 Å². The van der Waals surface area contributed by atoms with Gasteiger partial charge >= 0.3 is 0 Å². The molecule has 1 aromatic rings.